The minimum atomic E-state index is -0.942. The van der Waals surface area contributed by atoms with Gasteiger partial charge in [0.25, 0.3) is 0 Å². The van der Waals surface area contributed by atoms with E-state index < -0.39 is 5.54 Å². The van der Waals surface area contributed by atoms with Crippen LogP contribution in [0, 0.1) is 0 Å². The van der Waals surface area contributed by atoms with Gasteiger partial charge in [0, 0.05) is 25.2 Å². The molecule has 5 heteroatoms. The van der Waals surface area contributed by atoms with Crippen molar-refractivity contribution < 1.29 is 14.3 Å². The zero-order valence-electron chi connectivity index (χ0n) is 12.8. The molecular weight excluding hydrogens is 268 g/mol. The molecule has 2 rings (SSSR count). The molecule has 1 aromatic carbocycles. The van der Waals surface area contributed by atoms with E-state index in [0.717, 1.165) is 25.4 Å². The van der Waals surface area contributed by atoms with Gasteiger partial charge in [-0.3, -0.25) is 9.69 Å². The van der Waals surface area contributed by atoms with Gasteiger partial charge in [-0.1, -0.05) is 18.2 Å². The molecule has 0 radical (unpaired) electrons. The summed E-state index contributed by atoms with van der Waals surface area (Å²) in [6, 6.07) is 8.05. The number of carbonyl (C=O) groups is 1. The monoisotopic (exact) mass is 292 g/mol. The van der Waals surface area contributed by atoms with E-state index in [0.29, 0.717) is 19.6 Å². The van der Waals surface area contributed by atoms with E-state index in [1.165, 1.54) is 5.56 Å². The van der Waals surface area contributed by atoms with Gasteiger partial charge in [0.15, 0.2) is 0 Å². The van der Waals surface area contributed by atoms with Crippen molar-refractivity contribution in [3.63, 3.8) is 0 Å². The number of esters is 1. The van der Waals surface area contributed by atoms with Crippen molar-refractivity contribution in [1.29, 1.82) is 0 Å². The first-order chi connectivity index (χ1) is 10.0. The second kappa shape index (κ2) is 6.91. The van der Waals surface area contributed by atoms with E-state index in [-0.39, 0.29) is 5.97 Å². The first-order valence-corrected chi connectivity index (χ1v) is 7.42. The molecule has 0 aliphatic carbocycles. The van der Waals surface area contributed by atoms with Crippen LogP contribution < -0.4 is 10.5 Å². The number of hydrogen-bond acceptors (Lipinski definition) is 5. The third-order valence-corrected chi connectivity index (χ3v) is 3.72. The molecule has 1 heterocycles. The van der Waals surface area contributed by atoms with Crippen LogP contribution in [0.2, 0.25) is 0 Å². The molecule has 0 saturated heterocycles. The number of rotatable bonds is 5. The van der Waals surface area contributed by atoms with Crippen LogP contribution >= 0.6 is 0 Å². The topological polar surface area (TPSA) is 64.8 Å². The Morgan fingerprint density at radius 3 is 3.00 bits per heavy atom. The molecule has 1 aromatic rings. The maximum Gasteiger partial charge on any atom is 0.325 e. The smallest absolute Gasteiger partial charge is 0.325 e. The Morgan fingerprint density at radius 2 is 2.24 bits per heavy atom. The van der Waals surface area contributed by atoms with Crippen LogP contribution in [0.5, 0.6) is 5.75 Å². The maximum atomic E-state index is 11.8. The van der Waals surface area contributed by atoms with E-state index in [9.17, 15) is 4.79 Å². The van der Waals surface area contributed by atoms with E-state index in [2.05, 4.69) is 11.0 Å². The minimum Gasteiger partial charge on any atom is -0.492 e. The van der Waals surface area contributed by atoms with Gasteiger partial charge >= 0.3 is 5.97 Å². The highest BCUT2D eigenvalue weighted by Gasteiger charge is 2.30. The van der Waals surface area contributed by atoms with E-state index in [1.54, 1.807) is 13.8 Å². The number of carbonyl (C=O) groups excluding carboxylic acids is 1. The van der Waals surface area contributed by atoms with Crippen LogP contribution in [0.3, 0.4) is 0 Å². The third-order valence-electron chi connectivity index (χ3n) is 3.72. The molecule has 2 N–H and O–H groups in total. The molecule has 0 bridgehead atoms. The van der Waals surface area contributed by atoms with Crippen LogP contribution in [0.15, 0.2) is 24.3 Å². The zero-order valence-corrected chi connectivity index (χ0v) is 12.8. The summed E-state index contributed by atoms with van der Waals surface area (Å²) >= 11 is 0. The number of nitrogens with two attached hydrogens (primary N) is 1. The summed E-state index contributed by atoms with van der Waals surface area (Å²) in [5, 5.41) is 0. The van der Waals surface area contributed by atoms with Crippen LogP contribution in [0.1, 0.15) is 25.8 Å². The Bertz CT molecular complexity index is 488. The summed E-state index contributed by atoms with van der Waals surface area (Å²) in [6.07, 6.45) is 0.563. The van der Waals surface area contributed by atoms with Gasteiger partial charge in [0.2, 0.25) is 0 Å². The summed E-state index contributed by atoms with van der Waals surface area (Å²) in [7, 11) is 0. The Balaban J connectivity index is 1.93. The molecular formula is C16H24N2O3. The average molecular weight is 292 g/mol. The zero-order chi connectivity index (χ0) is 15.3. The number of benzene rings is 1. The summed E-state index contributed by atoms with van der Waals surface area (Å²) < 4.78 is 10.8. The number of ether oxygens (including phenoxy) is 2. The van der Waals surface area contributed by atoms with E-state index in [4.69, 9.17) is 15.2 Å². The van der Waals surface area contributed by atoms with Gasteiger partial charge in [-0.05, 0) is 26.3 Å². The quantitative estimate of drug-likeness (QED) is 0.834. The molecule has 0 spiro atoms. The SMILES string of the molecule is CCOC(=O)C(C)(N)CCN1CCOc2ccccc2C1. The van der Waals surface area contributed by atoms with Crippen molar-refractivity contribution in [2.45, 2.75) is 32.4 Å². The van der Waals surface area contributed by atoms with Crippen molar-refractivity contribution in [3.8, 4) is 5.75 Å². The molecule has 1 aliphatic heterocycles. The molecule has 21 heavy (non-hydrogen) atoms. The van der Waals surface area contributed by atoms with Gasteiger partial charge < -0.3 is 15.2 Å². The van der Waals surface area contributed by atoms with Gasteiger partial charge in [0.1, 0.15) is 17.9 Å². The first-order valence-electron chi connectivity index (χ1n) is 7.42. The van der Waals surface area contributed by atoms with E-state index in [1.807, 2.05) is 18.2 Å². The average Bonchev–Trinajstić information content (AvgIpc) is 2.67. The predicted octanol–water partition coefficient (Wildman–Crippen LogP) is 1.55. The highest BCUT2D eigenvalue weighted by Crippen LogP contribution is 2.23. The molecule has 0 amide bonds. The van der Waals surface area contributed by atoms with Crippen LogP contribution in [0.25, 0.3) is 0 Å². The van der Waals surface area contributed by atoms with Crippen LogP contribution in [0.4, 0.5) is 0 Å². The summed E-state index contributed by atoms with van der Waals surface area (Å²) in [5.74, 6) is 0.609. The van der Waals surface area contributed by atoms with E-state index >= 15 is 0 Å². The van der Waals surface area contributed by atoms with Gasteiger partial charge in [-0.15, -0.1) is 0 Å². The lowest BCUT2D eigenvalue weighted by Crippen LogP contribution is -2.48. The number of para-hydroxylation sites is 1. The molecule has 116 valence electrons. The second-order valence-electron chi connectivity index (χ2n) is 5.62. The second-order valence-corrected chi connectivity index (χ2v) is 5.62. The number of hydrogen-bond donors (Lipinski definition) is 1. The minimum absolute atomic E-state index is 0.337. The molecule has 1 aliphatic rings. The molecule has 1 unspecified atom stereocenters. The molecule has 1 atom stereocenters. The molecule has 0 aromatic heterocycles. The first kappa shape index (κ1) is 15.8. The Labute approximate surface area is 126 Å². The summed E-state index contributed by atoms with van der Waals surface area (Å²) in [6.45, 7) is 6.91. The Hall–Kier alpha value is -1.59. The van der Waals surface area contributed by atoms with Crippen LogP contribution in [-0.2, 0) is 16.1 Å². The number of fused-ring (bicyclic) bond motifs is 1. The van der Waals surface area contributed by atoms with Crippen molar-refractivity contribution in [2.24, 2.45) is 5.73 Å². The normalized spacial score (nSPS) is 18.0. The summed E-state index contributed by atoms with van der Waals surface area (Å²) in [5.41, 5.74) is 6.29. The van der Waals surface area contributed by atoms with Crippen molar-refractivity contribution in [2.75, 3.05) is 26.3 Å². The maximum absolute atomic E-state index is 11.8. The lowest BCUT2D eigenvalue weighted by atomic mass is 9.99. The molecule has 5 nitrogen and oxygen atoms in total. The fourth-order valence-electron chi connectivity index (χ4n) is 2.36. The highest BCUT2D eigenvalue weighted by atomic mass is 16.5. The van der Waals surface area contributed by atoms with Crippen LogP contribution in [-0.4, -0.2) is 42.7 Å². The van der Waals surface area contributed by atoms with Gasteiger partial charge in [0.05, 0.1) is 6.61 Å². The van der Waals surface area contributed by atoms with Gasteiger partial charge in [-0.25, -0.2) is 0 Å². The lowest BCUT2D eigenvalue weighted by Gasteiger charge is -2.26. The highest BCUT2D eigenvalue weighted by molar-refractivity contribution is 5.79. The molecule has 0 fully saturated rings. The Kier molecular flexibility index (Phi) is 5.20. The largest absolute Gasteiger partial charge is 0.492 e. The van der Waals surface area contributed by atoms with Crippen molar-refractivity contribution in [3.05, 3.63) is 29.8 Å². The van der Waals surface area contributed by atoms with Crippen molar-refractivity contribution in [1.82, 2.24) is 4.90 Å². The standard InChI is InChI=1S/C16H24N2O3/c1-3-20-15(19)16(2,17)8-9-18-10-11-21-14-7-5-4-6-13(14)12-18/h4-7H,3,8-12,17H2,1-2H3. The predicted molar refractivity (Wildman–Crippen MR) is 81.1 cm³/mol. The summed E-state index contributed by atoms with van der Waals surface area (Å²) in [4.78, 5) is 14.1. The van der Waals surface area contributed by atoms with Crippen molar-refractivity contribution >= 4 is 5.97 Å². The third kappa shape index (κ3) is 4.19. The molecule has 0 saturated carbocycles. The fraction of sp³-hybridized carbons (Fsp3) is 0.562. The Morgan fingerprint density at radius 1 is 1.48 bits per heavy atom. The lowest BCUT2D eigenvalue weighted by molar-refractivity contribution is -0.149. The fourth-order valence-corrected chi connectivity index (χ4v) is 2.36. The number of nitrogens with zero attached hydrogens (tertiary/aromatic N) is 1. The van der Waals surface area contributed by atoms with Gasteiger partial charge in [-0.2, -0.15) is 0 Å².